The molecule has 0 bridgehead atoms. The molecule has 15 heavy (non-hydrogen) atoms. The van der Waals surface area contributed by atoms with Gasteiger partial charge in [0, 0.05) is 25.7 Å². The number of nitrogens with one attached hydrogen (secondary N) is 1. The van der Waals surface area contributed by atoms with Gasteiger partial charge in [-0.05, 0) is 38.0 Å². The molecule has 2 amide bonds. The van der Waals surface area contributed by atoms with Gasteiger partial charge in [0.05, 0.1) is 0 Å². The van der Waals surface area contributed by atoms with Crippen LogP contribution in [0.3, 0.4) is 0 Å². The van der Waals surface area contributed by atoms with Gasteiger partial charge in [0.25, 0.3) is 0 Å². The number of carbonyl (C=O) groups is 1. The number of rotatable bonds is 3. The van der Waals surface area contributed by atoms with E-state index in [9.17, 15) is 4.79 Å². The SMILES string of the molecule is NCC1CCCCN1C(=O)NCC1CC1. The molecule has 0 aromatic rings. The second-order valence-electron chi connectivity index (χ2n) is 4.71. The monoisotopic (exact) mass is 211 g/mol. The Morgan fingerprint density at radius 1 is 1.33 bits per heavy atom. The van der Waals surface area contributed by atoms with E-state index in [1.54, 1.807) is 0 Å². The highest BCUT2D eigenvalue weighted by Crippen LogP contribution is 2.27. The fraction of sp³-hybridized carbons (Fsp3) is 0.909. The van der Waals surface area contributed by atoms with Crippen LogP contribution in [0, 0.1) is 5.92 Å². The summed E-state index contributed by atoms with van der Waals surface area (Å²) in [6.07, 6.45) is 5.94. The summed E-state index contributed by atoms with van der Waals surface area (Å²) in [5, 5.41) is 3.01. The van der Waals surface area contributed by atoms with Gasteiger partial charge in [-0.1, -0.05) is 0 Å². The highest BCUT2D eigenvalue weighted by atomic mass is 16.2. The van der Waals surface area contributed by atoms with Crippen LogP contribution in [0.25, 0.3) is 0 Å². The lowest BCUT2D eigenvalue weighted by Gasteiger charge is -2.35. The summed E-state index contributed by atoms with van der Waals surface area (Å²) < 4.78 is 0. The number of nitrogens with two attached hydrogens (primary N) is 1. The summed E-state index contributed by atoms with van der Waals surface area (Å²) in [5.41, 5.74) is 5.68. The zero-order valence-electron chi connectivity index (χ0n) is 9.24. The Morgan fingerprint density at radius 2 is 2.13 bits per heavy atom. The number of piperidine rings is 1. The van der Waals surface area contributed by atoms with Crippen molar-refractivity contribution in [2.45, 2.75) is 38.1 Å². The lowest BCUT2D eigenvalue weighted by Crippen LogP contribution is -2.51. The number of nitrogens with zero attached hydrogens (tertiary/aromatic N) is 1. The van der Waals surface area contributed by atoms with E-state index in [0.717, 1.165) is 31.8 Å². The molecule has 0 aromatic heterocycles. The molecule has 4 heteroatoms. The topological polar surface area (TPSA) is 58.4 Å². The third kappa shape index (κ3) is 2.84. The fourth-order valence-electron chi connectivity index (χ4n) is 2.17. The van der Waals surface area contributed by atoms with Gasteiger partial charge < -0.3 is 16.0 Å². The quantitative estimate of drug-likeness (QED) is 0.729. The number of likely N-dealkylation sites (tertiary alicyclic amines) is 1. The Labute approximate surface area is 91.2 Å². The standard InChI is InChI=1S/C11H21N3O/c12-7-10-3-1-2-6-14(10)11(15)13-8-9-4-5-9/h9-10H,1-8,12H2,(H,13,15). The van der Waals surface area contributed by atoms with Crippen molar-refractivity contribution in [1.82, 2.24) is 10.2 Å². The van der Waals surface area contributed by atoms with Crippen LogP contribution in [0.1, 0.15) is 32.1 Å². The van der Waals surface area contributed by atoms with Crippen molar-refractivity contribution < 1.29 is 4.79 Å². The molecular formula is C11H21N3O. The first-order valence-electron chi connectivity index (χ1n) is 6.06. The van der Waals surface area contributed by atoms with E-state index in [4.69, 9.17) is 5.73 Å². The van der Waals surface area contributed by atoms with Gasteiger partial charge in [-0.25, -0.2) is 4.79 Å². The summed E-state index contributed by atoms with van der Waals surface area (Å²) in [6, 6.07) is 0.356. The molecule has 0 radical (unpaired) electrons. The number of carbonyl (C=O) groups excluding carboxylic acids is 1. The first-order chi connectivity index (χ1) is 7.31. The zero-order chi connectivity index (χ0) is 10.7. The molecule has 1 aliphatic heterocycles. The molecular weight excluding hydrogens is 190 g/mol. The molecule has 0 spiro atoms. The van der Waals surface area contributed by atoms with Gasteiger partial charge in [-0.3, -0.25) is 0 Å². The van der Waals surface area contributed by atoms with Gasteiger partial charge in [-0.2, -0.15) is 0 Å². The van der Waals surface area contributed by atoms with E-state index in [1.807, 2.05) is 4.90 Å². The zero-order valence-corrected chi connectivity index (χ0v) is 9.24. The lowest BCUT2D eigenvalue weighted by molar-refractivity contribution is 0.153. The summed E-state index contributed by atoms with van der Waals surface area (Å²) in [7, 11) is 0. The van der Waals surface area contributed by atoms with Crippen LogP contribution in [-0.4, -0.2) is 36.6 Å². The maximum Gasteiger partial charge on any atom is 0.317 e. The van der Waals surface area contributed by atoms with Crippen molar-refractivity contribution in [1.29, 1.82) is 0 Å². The van der Waals surface area contributed by atoms with E-state index in [2.05, 4.69) is 5.32 Å². The van der Waals surface area contributed by atoms with Crippen molar-refractivity contribution in [2.75, 3.05) is 19.6 Å². The van der Waals surface area contributed by atoms with Crippen molar-refractivity contribution >= 4 is 6.03 Å². The minimum atomic E-state index is 0.0945. The van der Waals surface area contributed by atoms with Crippen molar-refractivity contribution in [2.24, 2.45) is 11.7 Å². The van der Waals surface area contributed by atoms with E-state index >= 15 is 0 Å². The van der Waals surface area contributed by atoms with Crippen LogP contribution in [0.5, 0.6) is 0 Å². The molecule has 0 aromatic carbocycles. The molecule has 1 saturated heterocycles. The molecule has 2 fully saturated rings. The fourth-order valence-corrected chi connectivity index (χ4v) is 2.17. The average Bonchev–Trinajstić information content (AvgIpc) is 3.09. The number of amides is 2. The molecule has 1 aliphatic carbocycles. The smallest absolute Gasteiger partial charge is 0.317 e. The molecule has 4 nitrogen and oxygen atoms in total. The van der Waals surface area contributed by atoms with Crippen molar-refractivity contribution in [3.05, 3.63) is 0 Å². The first kappa shape index (κ1) is 10.7. The van der Waals surface area contributed by atoms with Crippen LogP contribution in [0.15, 0.2) is 0 Å². The van der Waals surface area contributed by atoms with Gasteiger partial charge in [0.1, 0.15) is 0 Å². The molecule has 2 aliphatic rings. The third-order valence-corrected chi connectivity index (χ3v) is 3.40. The molecule has 86 valence electrons. The molecule has 1 unspecified atom stereocenters. The molecule has 3 N–H and O–H groups in total. The Kier molecular flexibility index (Phi) is 3.46. The third-order valence-electron chi connectivity index (χ3n) is 3.40. The highest BCUT2D eigenvalue weighted by Gasteiger charge is 2.27. The van der Waals surface area contributed by atoms with Gasteiger partial charge in [0.15, 0.2) is 0 Å². The van der Waals surface area contributed by atoms with E-state index in [0.29, 0.717) is 6.54 Å². The van der Waals surface area contributed by atoms with E-state index in [-0.39, 0.29) is 12.1 Å². The van der Waals surface area contributed by atoms with E-state index in [1.165, 1.54) is 19.3 Å². The predicted molar refractivity (Wildman–Crippen MR) is 59.5 cm³/mol. The summed E-state index contributed by atoms with van der Waals surface area (Å²) >= 11 is 0. The normalized spacial score (nSPS) is 26.5. The summed E-state index contributed by atoms with van der Waals surface area (Å²) in [4.78, 5) is 13.8. The molecule has 2 rings (SSSR count). The summed E-state index contributed by atoms with van der Waals surface area (Å²) in [6.45, 7) is 2.32. The van der Waals surface area contributed by atoms with Gasteiger partial charge >= 0.3 is 6.03 Å². The second kappa shape index (κ2) is 4.84. The average molecular weight is 211 g/mol. The Balaban J connectivity index is 1.79. The van der Waals surface area contributed by atoms with Crippen molar-refractivity contribution in [3.8, 4) is 0 Å². The Bertz CT molecular complexity index is 228. The molecule has 1 atom stereocenters. The molecule has 1 heterocycles. The maximum atomic E-state index is 11.9. The Hall–Kier alpha value is -0.770. The minimum absolute atomic E-state index is 0.0945. The lowest BCUT2D eigenvalue weighted by atomic mass is 10.0. The van der Waals surface area contributed by atoms with Crippen LogP contribution in [-0.2, 0) is 0 Å². The van der Waals surface area contributed by atoms with Crippen LogP contribution < -0.4 is 11.1 Å². The van der Waals surface area contributed by atoms with Gasteiger partial charge in [-0.15, -0.1) is 0 Å². The van der Waals surface area contributed by atoms with Crippen LogP contribution in [0.4, 0.5) is 4.79 Å². The number of hydrogen-bond donors (Lipinski definition) is 2. The summed E-state index contributed by atoms with van der Waals surface area (Å²) in [5.74, 6) is 0.745. The Morgan fingerprint density at radius 3 is 2.80 bits per heavy atom. The van der Waals surface area contributed by atoms with Crippen molar-refractivity contribution in [3.63, 3.8) is 0 Å². The van der Waals surface area contributed by atoms with Gasteiger partial charge in [0.2, 0.25) is 0 Å². The number of hydrogen-bond acceptors (Lipinski definition) is 2. The predicted octanol–water partition coefficient (Wildman–Crippen LogP) is 0.919. The number of urea groups is 1. The largest absolute Gasteiger partial charge is 0.338 e. The van der Waals surface area contributed by atoms with Crippen LogP contribution in [0.2, 0.25) is 0 Å². The van der Waals surface area contributed by atoms with E-state index < -0.39 is 0 Å². The molecule has 1 saturated carbocycles. The first-order valence-corrected chi connectivity index (χ1v) is 6.06. The maximum absolute atomic E-state index is 11.9. The minimum Gasteiger partial charge on any atom is -0.338 e. The second-order valence-corrected chi connectivity index (χ2v) is 4.71. The highest BCUT2D eigenvalue weighted by molar-refractivity contribution is 5.74. The van der Waals surface area contributed by atoms with Crippen LogP contribution >= 0.6 is 0 Å².